The smallest absolute Gasteiger partial charge is 0.243 e. The Morgan fingerprint density at radius 3 is 2.43 bits per heavy atom. The summed E-state index contributed by atoms with van der Waals surface area (Å²) in [5.41, 5.74) is 2.10. The van der Waals surface area contributed by atoms with E-state index in [4.69, 9.17) is 0 Å². The van der Waals surface area contributed by atoms with Crippen molar-refractivity contribution in [3.8, 4) is 0 Å². The average Bonchev–Trinajstić information content (AvgIpc) is 3.08. The number of hydrogen-bond acceptors (Lipinski definition) is 5. The van der Waals surface area contributed by atoms with Crippen molar-refractivity contribution in [2.24, 2.45) is 4.99 Å². The molecule has 2 N–H and O–H groups in total. The van der Waals surface area contributed by atoms with Crippen LogP contribution in [0.1, 0.15) is 40.4 Å². The first-order chi connectivity index (χ1) is 14.4. The molecule has 9 heteroatoms. The van der Waals surface area contributed by atoms with Crippen LogP contribution in [0.5, 0.6) is 0 Å². The van der Waals surface area contributed by atoms with Gasteiger partial charge in [0, 0.05) is 44.5 Å². The molecule has 0 aliphatic carbocycles. The van der Waals surface area contributed by atoms with Crippen molar-refractivity contribution in [3.63, 3.8) is 0 Å². The summed E-state index contributed by atoms with van der Waals surface area (Å²) in [5, 5.41) is 7.69. The van der Waals surface area contributed by atoms with Crippen LogP contribution in [0.25, 0.3) is 0 Å². The number of rotatable bonds is 7. The van der Waals surface area contributed by atoms with E-state index in [0.717, 1.165) is 48.5 Å². The number of thiazole rings is 1. The second kappa shape index (κ2) is 10.4. The van der Waals surface area contributed by atoms with Crippen molar-refractivity contribution >= 4 is 27.3 Å². The molecule has 1 aromatic carbocycles. The predicted molar refractivity (Wildman–Crippen MR) is 123 cm³/mol. The van der Waals surface area contributed by atoms with Crippen molar-refractivity contribution in [2.45, 2.75) is 51.0 Å². The van der Waals surface area contributed by atoms with Gasteiger partial charge in [0.15, 0.2) is 5.96 Å². The molecule has 2 heterocycles. The van der Waals surface area contributed by atoms with Crippen molar-refractivity contribution < 1.29 is 8.42 Å². The van der Waals surface area contributed by atoms with E-state index in [-0.39, 0.29) is 0 Å². The highest BCUT2D eigenvalue weighted by molar-refractivity contribution is 7.89. The average molecular weight is 450 g/mol. The third kappa shape index (κ3) is 5.80. The summed E-state index contributed by atoms with van der Waals surface area (Å²) in [6, 6.07) is 7.12. The largest absolute Gasteiger partial charge is 0.356 e. The fourth-order valence-electron chi connectivity index (χ4n) is 3.37. The Hall–Kier alpha value is -1.97. The van der Waals surface area contributed by atoms with Gasteiger partial charge in [-0.25, -0.2) is 13.4 Å². The number of benzene rings is 1. The zero-order valence-corrected chi connectivity index (χ0v) is 19.6. The SMILES string of the molecule is CN=C(NCCc1nc(C)c(C)s1)NCc1ccc(S(=O)(=O)N2CCCCC2)cc1. The van der Waals surface area contributed by atoms with E-state index in [0.29, 0.717) is 30.5 Å². The number of nitrogens with one attached hydrogen (secondary N) is 2. The Kier molecular flexibility index (Phi) is 7.85. The Morgan fingerprint density at radius 2 is 1.83 bits per heavy atom. The number of sulfonamides is 1. The molecule has 1 fully saturated rings. The van der Waals surface area contributed by atoms with E-state index in [1.807, 2.05) is 19.1 Å². The Balaban J connectivity index is 1.49. The van der Waals surface area contributed by atoms with Crippen LogP contribution in [-0.2, 0) is 23.0 Å². The highest BCUT2D eigenvalue weighted by Crippen LogP contribution is 2.21. The molecule has 0 amide bonds. The van der Waals surface area contributed by atoms with E-state index in [2.05, 4.69) is 27.5 Å². The molecule has 0 radical (unpaired) electrons. The van der Waals surface area contributed by atoms with Crippen LogP contribution < -0.4 is 10.6 Å². The van der Waals surface area contributed by atoms with Crippen molar-refractivity contribution in [1.82, 2.24) is 19.9 Å². The van der Waals surface area contributed by atoms with E-state index in [1.165, 1.54) is 4.88 Å². The summed E-state index contributed by atoms with van der Waals surface area (Å²) in [5.74, 6) is 0.713. The molecule has 0 atom stereocenters. The van der Waals surface area contributed by atoms with Gasteiger partial charge in [0.1, 0.15) is 0 Å². The molecule has 0 saturated carbocycles. The van der Waals surface area contributed by atoms with Crippen LogP contribution in [0.3, 0.4) is 0 Å². The molecule has 1 aromatic heterocycles. The quantitative estimate of drug-likeness (QED) is 0.501. The lowest BCUT2D eigenvalue weighted by Gasteiger charge is -2.25. The van der Waals surface area contributed by atoms with Gasteiger partial charge in [0.2, 0.25) is 10.0 Å². The first-order valence-corrected chi connectivity index (χ1v) is 12.6. The van der Waals surface area contributed by atoms with Crippen molar-refractivity contribution in [3.05, 3.63) is 45.4 Å². The zero-order valence-electron chi connectivity index (χ0n) is 17.9. The summed E-state index contributed by atoms with van der Waals surface area (Å²) in [4.78, 5) is 10.4. The van der Waals surface area contributed by atoms with Crippen LogP contribution in [0.2, 0.25) is 0 Å². The first kappa shape index (κ1) is 22.7. The van der Waals surface area contributed by atoms with Crippen LogP contribution in [-0.4, -0.2) is 50.3 Å². The number of guanidine groups is 1. The molecule has 3 rings (SSSR count). The van der Waals surface area contributed by atoms with Gasteiger partial charge >= 0.3 is 0 Å². The fraction of sp³-hybridized carbons (Fsp3) is 0.524. The lowest BCUT2D eigenvalue weighted by molar-refractivity contribution is 0.346. The van der Waals surface area contributed by atoms with E-state index >= 15 is 0 Å². The zero-order chi connectivity index (χ0) is 21.6. The molecule has 0 bridgehead atoms. The topological polar surface area (TPSA) is 86.7 Å². The van der Waals surface area contributed by atoms with Crippen molar-refractivity contribution in [1.29, 1.82) is 0 Å². The molecule has 0 spiro atoms. The Morgan fingerprint density at radius 1 is 1.13 bits per heavy atom. The number of aryl methyl sites for hydroxylation is 2. The fourth-order valence-corrected chi connectivity index (χ4v) is 5.82. The highest BCUT2D eigenvalue weighted by Gasteiger charge is 2.25. The van der Waals surface area contributed by atoms with E-state index < -0.39 is 10.0 Å². The molecule has 1 aliphatic heterocycles. The maximum Gasteiger partial charge on any atom is 0.243 e. The van der Waals surface area contributed by atoms with Gasteiger partial charge in [-0.05, 0) is 44.4 Å². The lowest BCUT2D eigenvalue weighted by atomic mass is 10.2. The summed E-state index contributed by atoms with van der Waals surface area (Å²) < 4.78 is 27.1. The molecule has 30 heavy (non-hydrogen) atoms. The lowest BCUT2D eigenvalue weighted by Crippen LogP contribution is -2.37. The summed E-state index contributed by atoms with van der Waals surface area (Å²) in [6.45, 7) is 6.68. The third-order valence-corrected chi connectivity index (χ3v) is 8.31. The molecule has 164 valence electrons. The van der Waals surface area contributed by atoms with Crippen LogP contribution >= 0.6 is 11.3 Å². The van der Waals surface area contributed by atoms with Gasteiger partial charge < -0.3 is 10.6 Å². The number of hydrogen-bond donors (Lipinski definition) is 2. The minimum atomic E-state index is -3.38. The van der Waals surface area contributed by atoms with Crippen LogP contribution in [0.4, 0.5) is 0 Å². The maximum atomic E-state index is 12.7. The minimum absolute atomic E-state index is 0.365. The van der Waals surface area contributed by atoms with Crippen LogP contribution in [0, 0.1) is 13.8 Å². The minimum Gasteiger partial charge on any atom is -0.356 e. The van der Waals surface area contributed by atoms with Gasteiger partial charge in [-0.1, -0.05) is 18.6 Å². The standard InChI is InChI=1S/C21H31N5O2S2/c1-16-17(2)29-20(25-16)11-12-23-21(22-3)24-15-18-7-9-19(10-8-18)30(27,28)26-13-5-4-6-14-26/h7-10H,4-6,11-15H2,1-3H3,(H2,22,23,24). The summed E-state index contributed by atoms with van der Waals surface area (Å²) in [7, 11) is -1.65. The molecule has 1 aliphatic rings. The predicted octanol–water partition coefficient (Wildman–Crippen LogP) is 2.84. The van der Waals surface area contributed by atoms with Gasteiger partial charge in [-0.15, -0.1) is 11.3 Å². The number of nitrogens with zero attached hydrogens (tertiary/aromatic N) is 3. The number of aromatic nitrogens is 1. The third-order valence-electron chi connectivity index (χ3n) is 5.26. The molecule has 1 saturated heterocycles. The first-order valence-electron chi connectivity index (χ1n) is 10.4. The van der Waals surface area contributed by atoms with E-state index in [1.54, 1.807) is 34.8 Å². The molecular weight excluding hydrogens is 418 g/mol. The van der Waals surface area contributed by atoms with Gasteiger partial charge in [0.25, 0.3) is 0 Å². The van der Waals surface area contributed by atoms with Gasteiger partial charge in [-0.3, -0.25) is 4.99 Å². The molecule has 7 nitrogen and oxygen atoms in total. The number of piperidine rings is 1. The molecule has 0 unspecified atom stereocenters. The monoisotopic (exact) mass is 449 g/mol. The Bertz CT molecular complexity index is 942. The highest BCUT2D eigenvalue weighted by atomic mass is 32.2. The Labute approximate surface area is 183 Å². The van der Waals surface area contributed by atoms with Gasteiger partial charge in [0.05, 0.1) is 15.6 Å². The summed E-state index contributed by atoms with van der Waals surface area (Å²) in [6.07, 6.45) is 3.84. The number of aliphatic imine (C=N–C) groups is 1. The van der Waals surface area contributed by atoms with Crippen molar-refractivity contribution in [2.75, 3.05) is 26.7 Å². The summed E-state index contributed by atoms with van der Waals surface area (Å²) >= 11 is 1.73. The second-order valence-corrected chi connectivity index (χ2v) is 10.7. The maximum absolute atomic E-state index is 12.7. The van der Waals surface area contributed by atoms with E-state index in [9.17, 15) is 8.42 Å². The second-order valence-electron chi connectivity index (χ2n) is 7.46. The van der Waals surface area contributed by atoms with Crippen LogP contribution in [0.15, 0.2) is 34.2 Å². The normalized spacial score (nSPS) is 15.9. The molecule has 2 aromatic rings. The molecular formula is C21H31N5O2S2. The van der Waals surface area contributed by atoms with Gasteiger partial charge in [-0.2, -0.15) is 4.31 Å².